The molecule has 0 unspecified atom stereocenters. The van der Waals surface area contributed by atoms with E-state index < -0.39 is 0 Å². The molecule has 0 N–H and O–H groups in total. The molecule has 0 aliphatic carbocycles. The van der Waals surface area contributed by atoms with E-state index in [0.717, 1.165) is 44.0 Å². The Morgan fingerprint density at radius 1 is 1.03 bits per heavy atom. The monoisotopic (exact) mass is 408 g/mol. The van der Waals surface area contributed by atoms with Gasteiger partial charge in [-0.3, -0.25) is 4.79 Å². The van der Waals surface area contributed by atoms with E-state index in [1.54, 1.807) is 4.68 Å². The van der Waals surface area contributed by atoms with E-state index >= 15 is 0 Å². The van der Waals surface area contributed by atoms with E-state index in [2.05, 4.69) is 11.8 Å². The van der Waals surface area contributed by atoms with Gasteiger partial charge in [-0.1, -0.05) is 60.5 Å². The first kappa shape index (κ1) is 19.7. The average Bonchev–Trinajstić information content (AvgIpc) is 3.19. The lowest BCUT2D eigenvalue weighted by atomic mass is 10.1. The lowest BCUT2D eigenvalue weighted by molar-refractivity contribution is 0.0644. The summed E-state index contributed by atoms with van der Waals surface area (Å²) < 4.78 is 1.72. The number of amides is 1. The Hall–Kier alpha value is -2.63. The third-order valence-electron chi connectivity index (χ3n) is 5.48. The van der Waals surface area contributed by atoms with Crippen LogP contribution in [0.1, 0.15) is 22.8 Å². The van der Waals surface area contributed by atoms with Gasteiger partial charge >= 0.3 is 0 Å². The SMILES string of the molecule is CCN1CCN(C(=O)c2cn(-c3ccccc3Cl)nc2-c2ccc(C)cc2)CC1. The molecular formula is C23H25ClN4O. The summed E-state index contributed by atoms with van der Waals surface area (Å²) in [4.78, 5) is 17.7. The van der Waals surface area contributed by atoms with Crippen LogP contribution in [0.2, 0.25) is 5.02 Å². The number of para-hydroxylation sites is 1. The van der Waals surface area contributed by atoms with E-state index in [-0.39, 0.29) is 5.91 Å². The normalized spacial score (nSPS) is 14.9. The highest BCUT2D eigenvalue weighted by Crippen LogP contribution is 2.28. The van der Waals surface area contributed by atoms with Crippen LogP contribution in [-0.2, 0) is 0 Å². The van der Waals surface area contributed by atoms with E-state index in [1.807, 2.05) is 66.6 Å². The fourth-order valence-corrected chi connectivity index (χ4v) is 3.88. The molecule has 3 aromatic rings. The Morgan fingerprint density at radius 3 is 2.38 bits per heavy atom. The van der Waals surface area contributed by atoms with Gasteiger partial charge in [-0.15, -0.1) is 0 Å². The highest BCUT2D eigenvalue weighted by Gasteiger charge is 2.26. The second-order valence-electron chi connectivity index (χ2n) is 7.38. The van der Waals surface area contributed by atoms with Crippen LogP contribution in [0.5, 0.6) is 0 Å². The number of benzene rings is 2. The predicted octanol–water partition coefficient (Wildman–Crippen LogP) is 4.28. The van der Waals surface area contributed by atoms with Gasteiger partial charge in [-0.2, -0.15) is 5.10 Å². The summed E-state index contributed by atoms with van der Waals surface area (Å²) in [5, 5.41) is 5.36. The summed E-state index contributed by atoms with van der Waals surface area (Å²) >= 11 is 6.39. The van der Waals surface area contributed by atoms with Gasteiger partial charge in [0.05, 0.1) is 16.3 Å². The Balaban J connectivity index is 1.74. The molecule has 4 rings (SSSR count). The maximum absolute atomic E-state index is 13.4. The predicted molar refractivity (Wildman–Crippen MR) is 117 cm³/mol. The molecule has 0 atom stereocenters. The zero-order valence-electron chi connectivity index (χ0n) is 16.8. The molecule has 29 heavy (non-hydrogen) atoms. The summed E-state index contributed by atoms with van der Waals surface area (Å²) in [5.41, 5.74) is 4.16. The smallest absolute Gasteiger partial charge is 0.257 e. The quantitative estimate of drug-likeness (QED) is 0.647. The van der Waals surface area contributed by atoms with Crippen LogP contribution in [0, 0.1) is 6.92 Å². The van der Waals surface area contributed by atoms with Gasteiger partial charge in [0.1, 0.15) is 5.69 Å². The van der Waals surface area contributed by atoms with Crippen molar-refractivity contribution < 1.29 is 4.79 Å². The largest absolute Gasteiger partial charge is 0.336 e. The number of hydrogen-bond donors (Lipinski definition) is 0. The summed E-state index contributed by atoms with van der Waals surface area (Å²) in [6.45, 7) is 8.49. The zero-order valence-corrected chi connectivity index (χ0v) is 17.6. The number of rotatable bonds is 4. The van der Waals surface area contributed by atoms with Gasteiger partial charge in [-0.25, -0.2) is 4.68 Å². The minimum absolute atomic E-state index is 0.0228. The number of hydrogen-bond acceptors (Lipinski definition) is 3. The highest BCUT2D eigenvalue weighted by atomic mass is 35.5. The maximum Gasteiger partial charge on any atom is 0.257 e. The second-order valence-corrected chi connectivity index (χ2v) is 7.79. The van der Waals surface area contributed by atoms with Gasteiger partial charge < -0.3 is 9.80 Å². The number of aromatic nitrogens is 2. The topological polar surface area (TPSA) is 41.4 Å². The van der Waals surface area contributed by atoms with Crippen molar-refractivity contribution in [2.75, 3.05) is 32.7 Å². The van der Waals surface area contributed by atoms with Crippen LogP contribution in [-0.4, -0.2) is 58.2 Å². The first-order valence-corrected chi connectivity index (χ1v) is 10.4. The summed E-state index contributed by atoms with van der Waals surface area (Å²) in [5.74, 6) is 0.0228. The fraction of sp³-hybridized carbons (Fsp3) is 0.304. The van der Waals surface area contributed by atoms with Gasteiger partial charge in [0.25, 0.3) is 5.91 Å². The number of halogens is 1. The molecular weight excluding hydrogens is 384 g/mol. The van der Waals surface area contributed by atoms with Crippen LogP contribution in [0.15, 0.2) is 54.7 Å². The third-order valence-corrected chi connectivity index (χ3v) is 5.80. The number of aryl methyl sites for hydroxylation is 1. The molecule has 1 aliphatic rings. The minimum Gasteiger partial charge on any atom is -0.336 e. The average molecular weight is 409 g/mol. The number of carbonyl (C=O) groups excluding carboxylic acids is 1. The molecule has 2 aromatic carbocycles. The fourth-order valence-electron chi connectivity index (χ4n) is 3.65. The number of piperazine rings is 1. The van der Waals surface area contributed by atoms with Crippen molar-refractivity contribution in [3.8, 4) is 16.9 Å². The van der Waals surface area contributed by atoms with Crippen LogP contribution < -0.4 is 0 Å². The van der Waals surface area contributed by atoms with Crippen LogP contribution >= 0.6 is 11.6 Å². The molecule has 0 spiro atoms. The van der Waals surface area contributed by atoms with Crippen LogP contribution in [0.4, 0.5) is 0 Å². The number of carbonyl (C=O) groups is 1. The summed E-state index contributed by atoms with van der Waals surface area (Å²) in [6.07, 6.45) is 1.81. The molecule has 1 aromatic heterocycles. The Bertz CT molecular complexity index is 1000. The van der Waals surface area contributed by atoms with Crippen LogP contribution in [0.3, 0.4) is 0 Å². The highest BCUT2D eigenvalue weighted by molar-refractivity contribution is 6.32. The number of likely N-dealkylation sites (N-methyl/N-ethyl adjacent to an activating group) is 1. The third kappa shape index (κ3) is 4.07. The van der Waals surface area contributed by atoms with Crippen molar-refractivity contribution in [2.24, 2.45) is 0 Å². The Morgan fingerprint density at radius 2 is 1.72 bits per heavy atom. The molecule has 2 heterocycles. The second kappa shape index (κ2) is 8.39. The van der Waals surface area contributed by atoms with Gasteiger partial charge in [0.15, 0.2) is 0 Å². The van der Waals surface area contributed by atoms with E-state index in [9.17, 15) is 4.79 Å². The molecule has 0 saturated carbocycles. The Kier molecular flexibility index (Phi) is 5.69. The lowest BCUT2D eigenvalue weighted by Crippen LogP contribution is -2.48. The molecule has 1 fully saturated rings. The van der Waals surface area contributed by atoms with Crippen molar-refractivity contribution >= 4 is 17.5 Å². The van der Waals surface area contributed by atoms with Gasteiger partial charge in [0, 0.05) is 37.9 Å². The van der Waals surface area contributed by atoms with E-state index in [1.165, 1.54) is 5.56 Å². The molecule has 150 valence electrons. The van der Waals surface area contributed by atoms with Gasteiger partial charge in [-0.05, 0) is 25.6 Å². The molecule has 6 heteroatoms. The molecule has 5 nitrogen and oxygen atoms in total. The standard InChI is InChI=1S/C23H25ClN4O/c1-3-26-12-14-27(15-13-26)23(29)19-16-28(21-7-5-4-6-20(21)24)25-22(19)18-10-8-17(2)9-11-18/h4-11,16H,3,12-15H2,1-2H3. The van der Waals surface area contributed by atoms with Crippen molar-refractivity contribution in [1.82, 2.24) is 19.6 Å². The van der Waals surface area contributed by atoms with Crippen molar-refractivity contribution in [3.05, 3.63) is 70.9 Å². The summed E-state index contributed by atoms with van der Waals surface area (Å²) in [6, 6.07) is 15.6. The van der Waals surface area contributed by atoms with Crippen LogP contribution in [0.25, 0.3) is 16.9 Å². The zero-order chi connectivity index (χ0) is 20.4. The maximum atomic E-state index is 13.4. The van der Waals surface area contributed by atoms with Crippen molar-refractivity contribution in [3.63, 3.8) is 0 Å². The Labute approximate surface area is 176 Å². The van der Waals surface area contributed by atoms with Crippen molar-refractivity contribution in [1.29, 1.82) is 0 Å². The molecule has 0 radical (unpaired) electrons. The first-order chi connectivity index (χ1) is 14.1. The number of nitrogens with zero attached hydrogens (tertiary/aromatic N) is 4. The van der Waals surface area contributed by atoms with Gasteiger partial charge in [0.2, 0.25) is 0 Å². The first-order valence-electron chi connectivity index (χ1n) is 10.00. The van der Waals surface area contributed by atoms with Crippen molar-refractivity contribution in [2.45, 2.75) is 13.8 Å². The molecule has 1 saturated heterocycles. The minimum atomic E-state index is 0.0228. The van der Waals surface area contributed by atoms with E-state index in [4.69, 9.17) is 16.7 Å². The molecule has 0 bridgehead atoms. The van der Waals surface area contributed by atoms with E-state index in [0.29, 0.717) is 16.3 Å². The molecule has 1 aliphatic heterocycles. The lowest BCUT2D eigenvalue weighted by Gasteiger charge is -2.34. The summed E-state index contributed by atoms with van der Waals surface area (Å²) in [7, 11) is 0. The molecule has 1 amide bonds.